The number of fused-ring (bicyclic) bond motifs is 1. The Morgan fingerprint density at radius 1 is 0.890 bits per heavy atom. The van der Waals surface area contributed by atoms with E-state index in [-0.39, 0.29) is 61.2 Å². The molecule has 0 bridgehead atoms. The molecule has 5 atom stereocenters. The van der Waals surface area contributed by atoms with Gasteiger partial charge >= 0.3 is 0 Å². The first-order valence-electron chi connectivity index (χ1n) is 29.6. The van der Waals surface area contributed by atoms with E-state index in [1.807, 2.05) is 120 Å². The molecule has 3 aliphatic heterocycles. The number of β-amino-alcohol motifs (C(OH)–C–C–N with tert-alkyl or cyclic N) is 1. The predicted octanol–water partition coefficient (Wildman–Crippen LogP) is 10.4. The summed E-state index contributed by atoms with van der Waals surface area (Å²) in [5.74, 6) is 1.03. The van der Waals surface area contributed by atoms with Gasteiger partial charge in [-0.25, -0.2) is 4.98 Å². The molecule has 1 unspecified atom stereocenters. The smallest absolute Gasteiger partial charge is 0.246 e. The standard InChI is InChI=1S/C65H85ClN8O7S/c1-41(2)81-57-37-54-48(34-56(57)80-9)35-59(77)74(60(54)46-19-21-49(66)22-20-46)52-27-25-50(26-28-52)70(8)38-44-13-23-51(24-14-44)72-32-30-71(31-33-72)29-11-10-12-58(76)69-62(65(5,6)7)64(79)73-39-53(75)36-55(73)63(78)68-42(3)45-15-17-47(18-16-45)61-43(4)67-40-82-61/h15-22,25-28,34,37,40-42,44,51,53,55,60,62,75H,10-14,23-24,29-33,35-36,38-39H2,1-9H3,(H,68,78)(H,69,76)/t42-,44?,51?,53+,55-,60-,62?/m0/s1. The van der Waals surface area contributed by atoms with E-state index in [9.17, 15) is 24.3 Å². The number of aromatic nitrogens is 1. The number of anilines is 2. The molecule has 9 rings (SSSR count). The molecule has 5 aromatic rings. The van der Waals surface area contributed by atoms with Gasteiger partial charge in [0.15, 0.2) is 11.5 Å². The minimum atomic E-state index is -0.858. The number of likely N-dealkylation sites (tertiary alicyclic amines) is 1. The van der Waals surface area contributed by atoms with E-state index in [2.05, 4.69) is 61.6 Å². The molecule has 15 nitrogen and oxygen atoms in total. The van der Waals surface area contributed by atoms with Gasteiger partial charge in [-0.3, -0.25) is 24.1 Å². The fourth-order valence-electron chi connectivity index (χ4n) is 12.6. The van der Waals surface area contributed by atoms with Crippen LogP contribution < -0.4 is 29.9 Å². The van der Waals surface area contributed by atoms with Gasteiger partial charge in [-0.15, -0.1) is 11.3 Å². The number of carbonyl (C=O) groups excluding carboxylic acids is 4. The number of hydrogen-bond donors (Lipinski definition) is 3. The fourth-order valence-corrected chi connectivity index (χ4v) is 13.5. The van der Waals surface area contributed by atoms with Crippen LogP contribution in [0.4, 0.5) is 11.4 Å². The normalized spacial score (nSPS) is 21.5. The van der Waals surface area contributed by atoms with Crippen molar-refractivity contribution in [1.29, 1.82) is 0 Å². The highest BCUT2D eigenvalue weighted by Crippen LogP contribution is 2.44. The summed E-state index contributed by atoms with van der Waals surface area (Å²) >= 11 is 7.95. The summed E-state index contributed by atoms with van der Waals surface area (Å²) in [6.07, 6.45) is 6.16. The van der Waals surface area contributed by atoms with Crippen LogP contribution in [0.3, 0.4) is 0 Å². The lowest BCUT2D eigenvalue weighted by Gasteiger charge is -2.42. The second-order valence-electron chi connectivity index (χ2n) is 24.6. The number of hydrogen-bond acceptors (Lipinski definition) is 12. The Bertz CT molecular complexity index is 2990. The van der Waals surface area contributed by atoms with Crippen molar-refractivity contribution >= 4 is 57.9 Å². The average Bonchev–Trinajstić information content (AvgIpc) is 4.17. The zero-order valence-corrected chi connectivity index (χ0v) is 51.0. The highest BCUT2D eigenvalue weighted by Gasteiger charge is 2.45. The van der Waals surface area contributed by atoms with Crippen molar-refractivity contribution in [3.63, 3.8) is 0 Å². The van der Waals surface area contributed by atoms with Crippen molar-refractivity contribution < 1.29 is 33.8 Å². The van der Waals surface area contributed by atoms with Gasteiger partial charge in [0.1, 0.15) is 12.1 Å². The van der Waals surface area contributed by atoms with Gasteiger partial charge in [-0.2, -0.15) is 0 Å². The second-order valence-corrected chi connectivity index (χ2v) is 25.8. The number of piperazine rings is 1. The van der Waals surface area contributed by atoms with Gasteiger partial charge < -0.3 is 44.8 Å². The molecule has 17 heteroatoms. The van der Waals surface area contributed by atoms with Crippen molar-refractivity contribution in [3.8, 4) is 21.9 Å². The first kappa shape index (κ1) is 60.5. The highest BCUT2D eigenvalue weighted by molar-refractivity contribution is 7.13. The van der Waals surface area contributed by atoms with E-state index < -0.39 is 23.6 Å². The van der Waals surface area contributed by atoms with Gasteiger partial charge in [0, 0.05) is 81.6 Å². The number of nitrogens with one attached hydrogen (secondary N) is 2. The predicted molar refractivity (Wildman–Crippen MR) is 327 cm³/mol. The van der Waals surface area contributed by atoms with Crippen molar-refractivity contribution in [2.45, 2.75) is 149 Å². The Morgan fingerprint density at radius 2 is 1.59 bits per heavy atom. The van der Waals surface area contributed by atoms with E-state index in [0.29, 0.717) is 41.3 Å². The maximum Gasteiger partial charge on any atom is 0.246 e. The highest BCUT2D eigenvalue weighted by atomic mass is 35.5. The SMILES string of the molecule is COc1cc2c(cc1OC(C)C)[C@H](c1ccc(Cl)cc1)N(c1ccc(N(C)CC3CCC(N4CCN(CCCCC(=O)NC(C(=O)N5C[C@H](O)C[C@H]5C(=O)N[C@@H](C)c5ccc(-c6scnc6C)cc5)C(C)(C)C)CC4)CC3)cc1)C(=O)C2. The van der Waals surface area contributed by atoms with E-state index in [1.165, 1.54) is 30.6 Å². The molecule has 1 aromatic heterocycles. The number of aryl methyl sites for hydroxylation is 1. The summed E-state index contributed by atoms with van der Waals surface area (Å²) < 4.78 is 11.9. The van der Waals surface area contributed by atoms with E-state index in [4.69, 9.17) is 21.1 Å². The molecular formula is C65H85ClN8O7S. The molecule has 4 aliphatic rings. The van der Waals surface area contributed by atoms with E-state index in [0.717, 1.165) is 95.5 Å². The minimum absolute atomic E-state index is 0.0126. The summed E-state index contributed by atoms with van der Waals surface area (Å²) in [6.45, 7) is 19.7. The largest absolute Gasteiger partial charge is 0.493 e. The van der Waals surface area contributed by atoms with Crippen LogP contribution in [0.15, 0.2) is 90.4 Å². The fraction of sp³-hybridized carbons (Fsp3) is 0.523. The minimum Gasteiger partial charge on any atom is -0.493 e. The van der Waals surface area contributed by atoms with Crippen molar-refractivity contribution in [3.05, 3.63) is 123 Å². The summed E-state index contributed by atoms with van der Waals surface area (Å²) in [5.41, 5.74) is 9.03. The molecule has 1 saturated carbocycles. The maximum atomic E-state index is 14.3. The third kappa shape index (κ3) is 14.5. The van der Waals surface area contributed by atoms with Crippen LogP contribution in [0.25, 0.3) is 10.4 Å². The van der Waals surface area contributed by atoms with Gasteiger partial charge in [-0.1, -0.05) is 68.8 Å². The number of rotatable bonds is 20. The Balaban J connectivity index is 0.699. The number of methoxy groups -OCH3 is 1. The first-order chi connectivity index (χ1) is 39.2. The molecule has 1 aliphatic carbocycles. The zero-order valence-electron chi connectivity index (χ0n) is 49.5. The van der Waals surface area contributed by atoms with Crippen LogP contribution in [0, 0.1) is 18.3 Å². The number of thiazole rings is 1. The Labute approximate surface area is 494 Å². The Kier molecular flexibility index (Phi) is 19.7. The summed E-state index contributed by atoms with van der Waals surface area (Å²) in [6, 6.07) is 26.4. The Morgan fingerprint density at radius 3 is 2.22 bits per heavy atom. The third-order valence-corrected chi connectivity index (χ3v) is 18.4. The molecule has 440 valence electrons. The van der Waals surface area contributed by atoms with Crippen molar-refractivity contribution in [2.24, 2.45) is 11.3 Å². The molecule has 0 radical (unpaired) electrons. The van der Waals surface area contributed by atoms with Crippen LogP contribution in [0.5, 0.6) is 11.5 Å². The topological polar surface area (TPSA) is 160 Å². The van der Waals surface area contributed by atoms with Crippen LogP contribution in [-0.4, -0.2) is 139 Å². The number of nitrogens with zero attached hydrogens (tertiary/aromatic N) is 6. The number of amides is 4. The van der Waals surface area contributed by atoms with Crippen LogP contribution in [-0.2, 0) is 25.6 Å². The first-order valence-corrected chi connectivity index (χ1v) is 30.8. The average molecular weight is 1160 g/mol. The van der Waals surface area contributed by atoms with Gasteiger partial charge in [0.25, 0.3) is 0 Å². The lowest BCUT2D eigenvalue weighted by molar-refractivity contribution is -0.144. The van der Waals surface area contributed by atoms with E-state index in [1.54, 1.807) is 18.4 Å². The van der Waals surface area contributed by atoms with Crippen LogP contribution >= 0.6 is 22.9 Å². The summed E-state index contributed by atoms with van der Waals surface area (Å²) in [4.78, 5) is 72.1. The molecule has 82 heavy (non-hydrogen) atoms. The van der Waals surface area contributed by atoms with E-state index >= 15 is 0 Å². The number of halogens is 1. The molecule has 4 amide bonds. The van der Waals surface area contributed by atoms with Crippen LogP contribution in [0.2, 0.25) is 5.02 Å². The molecule has 4 aromatic carbocycles. The molecule has 3 fully saturated rings. The lowest BCUT2D eigenvalue weighted by atomic mass is 9.84. The number of aliphatic hydroxyl groups excluding tert-OH is 1. The third-order valence-electron chi connectivity index (χ3n) is 17.2. The van der Waals surface area contributed by atoms with Crippen LogP contribution in [0.1, 0.15) is 133 Å². The van der Waals surface area contributed by atoms with Crippen molar-refractivity contribution in [2.75, 3.05) is 69.8 Å². The van der Waals surface area contributed by atoms with Gasteiger partial charge in [0.05, 0.1) is 53.9 Å². The summed E-state index contributed by atoms with van der Waals surface area (Å²) in [5, 5.41) is 17.5. The monoisotopic (exact) mass is 1160 g/mol. The Hall–Kier alpha value is -6.04. The zero-order chi connectivity index (χ0) is 58.4. The summed E-state index contributed by atoms with van der Waals surface area (Å²) in [7, 11) is 3.80. The quantitative estimate of drug-likeness (QED) is 0.0637. The number of ether oxygens (including phenoxy) is 2. The molecule has 0 spiro atoms. The number of benzene rings is 4. The molecule has 3 N–H and O–H groups in total. The molecule has 2 saturated heterocycles. The lowest BCUT2D eigenvalue weighted by Crippen LogP contribution is -2.57. The van der Waals surface area contributed by atoms with Gasteiger partial charge in [0.2, 0.25) is 23.6 Å². The number of aliphatic hydroxyl groups is 1. The molecular weight excluding hydrogens is 1070 g/mol. The van der Waals surface area contributed by atoms with Crippen molar-refractivity contribution in [1.82, 2.24) is 30.3 Å². The molecule has 4 heterocycles. The number of unbranched alkanes of at least 4 members (excludes halogenated alkanes) is 1. The second kappa shape index (κ2) is 26.7. The number of carbonyl (C=O) groups is 4. The maximum absolute atomic E-state index is 14.3. The van der Waals surface area contributed by atoms with Gasteiger partial charge in [-0.05, 0) is 160 Å².